The van der Waals surface area contributed by atoms with Gasteiger partial charge in [0.2, 0.25) is 5.69 Å². The van der Waals surface area contributed by atoms with E-state index in [-0.39, 0.29) is 10.6 Å². The van der Waals surface area contributed by atoms with Crippen molar-refractivity contribution >= 4 is 32.8 Å². The summed E-state index contributed by atoms with van der Waals surface area (Å²) < 4.78 is 23.8. The van der Waals surface area contributed by atoms with Crippen LogP contribution in [0.3, 0.4) is 0 Å². The van der Waals surface area contributed by atoms with Crippen LogP contribution in [0.4, 0.5) is 11.4 Å². The van der Waals surface area contributed by atoms with E-state index >= 15 is 0 Å². The second-order valence-corrected chi connectivity index (χ2v) is 7.99. The number of benzene rings is 2. The lowest BCUT2D eigenvalue weighted by Crippen LogP contribution is -2.18. The molecule has 0 saturated heterocycles. The predicted molar refractivity (Wildman–Crippen MR) is 96.0 cm³/mol. The van der Waals surface area contributed by atoms with Gasteiger partial charge in [-0.3, -0.25) is 15.0 Å². The van der Waals surface area contributed by atoms with E-state index in [1.165, 1.54) is 12.1 Å². The topological polar surface area (TPSA) is 100 Å². The maximum Gasteiger partial charge on any atom is 0.274 e. The Hall–Kier alpha value is -3.02. The van der Waals surface area contributed by atoms with Crippen molar-refractivity contribution in [2.75, 3.05) is 6.26 Å². The third kappa shape index (κ3) is 3.49. The lowest BCUT2D eigenvalue weighted by atomic mass is 10.0. The van der Waals surface area contributed by atoms with Gasteiger partial charge in [0.15, 0.2) is 9.84 Å². The second kappa shape index (κ2) is 6.71. The molecule has 1 aliphatic rings. The molecule has 0 unspecified atom stereocenters. The first kappa shape index (κ1) is 17.8. The van der Waals surface area contributed by atoms with Crippen molar-refractivity contribution in [2.24, 2.45) is 4.99 Å². The molecule has 3 rings (SSSR count). The summed E-state index contributed by atoms with van der Waals surface area (Å²) in [5, 5.41) is 8.73. The Morgan fingerprint density at radius 3 is 2.77 bits per heavy atom. The second-order valence-electron chi connectivity index (χ2n) is 6.01. The number of amides is 1. The fourth-order valence-corrected chi connectivity index (χ4v) is 3.72. The van der Waals surface area contributed by atoms with Gasteiger partial charge in [-0.05, 0) is 35.4 Å². The molecule has 0 spiro atoms. The summed E-state index contributed by atoms with van der Waals surface area (Å²) in [5.41, 5.74) is 5.00. The van der Waals surface area contributed by atoms with Gasteiger partial charge in [-0.25, -0.2) is 18.7 Å². The van der Waals surface area contributed by atoms with Crippen LogP contribution in [-0.4, -0.2) is 31.5 Å². The highest BCUT2D eigenvalue weighted by Crippen LogP contribution is 2.36. The van der Waals surface area contributed by atoms with E-state index < -0.39 is 15.7 Å². The lowest BCUT2D eigenvalue weighted by Gasteiger charge is -2.05. The highest BCUT2D eigenvalue weighted by atomic mass is 32.2. The zero-order valence-electron chi connectivity index (χ0n) is 13.9. The van der Waals surface area contributed by atoms with E-state index in [4.69, 9.17) is 11.8 Å². The first-order valence-electron chi connectivity index (χ1n) is 7.66. The molecule has 26 heavy (non-hydrogen) atoms. The zero-order chi connectivity index (χ0) is 18.9. The Labute approximate surface area is 150 Å². The van der Waals surface area contributed by atoms with Gasteiger partial charge in [-0.15, -0.1) is 0 Å². The van der Waals surface area contributed by atoms with Crippen LogP contribution in [-0.2, 0) is 22.7 Å². The molecular weight excluding hydrogens is 354 g/mol. The Balaban J connectivity index is 1.89. The molecule has 0 aliphatic carbocycles. The summed E-state index contributed by atoms with van der Waals surface area (Å²) >= 11 is 0. The molecule has 1 amide bonds. The van der Waals surface area contributed by atoms with Crippen molar-refractivity contribution in [3.05, 3.63) is 64.5 Å². The molecule has 2 N–H and O–H groups in total. The van der Waals surface area contributed by atoms with Gasteiger partial charge < -0.3 is 0 Å². The van der Waals surface area contributed by atoms with Crippen LogP contribution in [0.1, 0.15) is 21.5 Å². The molecule has 2 aromatic carbocycles. The van der Waals surface area contributed by atoms with Gasteiger partial charge >= 0.3 is 0 Å². The van der Waals surface area contributed by atoms with Crippen LogP contribution in [0.5, 0.6) is 0 Å². The van der Waals surface area contributed by atoms with Crippen molar-refractivity contribution in [1.82, 2.24) is 5.48 Å². The molecule has 1 aliphatic heterocycles. The monoisotopic (exact) mass is 369 g/mol. The van der Waals surface area contributed by atoms with E-state index in [1.807, 2.05) is 6.07 Å². The van der Waals surface area contributed by atoms with Gasteiger partial charge in [-0.2, -0.15) is 0 Å². The molecule has 0 aromatic heterocycles. The molecule has 0 radical (unpaired) electrons. The van der Waals surface area contributed by atoms with Crippen LogP contribution in [0.2, 0.25) is 0 Å². The van der Waals surface area contributed by atoms with Crippen molar-refractivity contribution in [2.45, 2.75) is 17.7 Å². The minimum atomic E-state index is -3.49. The Bertz CT molecular complexity index is 1080. The Kier molecular flexibility index (Phi) is 4.59. The minimum absolute atomic E-state index is 0.0179. The summed E-state index contributed by atoms with van der Waals surface area (Å²) in [5.74, 6) is -0.594. The van der Waals surface area contributed by atoms with Gasteiger partial charge in [0.1, 0.15) is 0 Å². The number of aliphatic imine (C=N–C) groups is 1. The van der Waals surface area contributed by atoms with E-state index in [2.05, 4.69) is 9.84 Å². The van der Waals surface area contributed by atoms with Crippen LogP contribution in [0.15, 0.2) is 46.3 Å². The summed E-state index contributed by atoms with van der Waals surface area (Å²) in [4.78, 5) is 19.3. The van der Waals surface area contributed by atoms with Gasteiger partial charge in [-0.1, -0.05) is 12.1 Å². The van der Waals surface area contributed by atoms with Crippen molar-refractivity contribution in [3.63, 3.8) is 0 Å². The van der Waals surface area contributed by atoms with Gasteiger partial charge in [0, 0.05) is 30.4 Å². The zero-order valence-corrected chi connectivity index (χ0v) is 14.7. The van der Waals surface area contributed by atoms with Crippen molar-refractivity contribution < 1.29 is 18.4 Å². The first-order chi connectivity index (χ1) is 12.3. The molecule has 7 nitrogen and oxygen atoms in total. The average molecular weight is 369 g/mol. The van der Waals surface area contributed by atoms with E-state index in [9.17, 15) is 13.2 Å². The predicted octanol–water partition coefficient (Wildman–Crippen LogP) is 2.63. The molecule has 0 atom stereocenters. The molecule has 0 bridgehead atoms. The summed E-state index contributed by atoms with van der Waals surface area (Å²) in [6.45, 7) is 7.19. The summed E-state index contributed by atoms with van der Waals surface area (Å²) in [6, 6.07) is 9.81. The molecule has 1 heterocycles. The maximum atomic E-state index is 11.9. The SMILES string of the molecule is [C-]#[N+]c1cc2c(cc1S(C)(=O)=O)CC(Cc1cccc(C(=O)NO)c1)=N2. The lowest BCUT2D eigenvalue weighted by molar-refractivity contribution is 0.0706. The fourth-order valence-electron chi connectivity index (χ4n) is 2.88. The Morgan fingerprint density at radius 1 is 1.35 bits per heavy atom. The maximum absolute atomic E-state index is 11.9. The van der Waals surface area contributed by atoms with Crippen LogP contribution >= 0.6 is 0 Å². The molecule has 2 aromatic rings. The number of carbonyl (C=O) groups excluding carboxylic acids is 1. The first-order valence-corrected chi connectivity index (χ1v) is 9.55. The van der Waals surface area contributed by atoms with E-state index in [1.54, 1.807) is 23.7 Å². The molecule has 132 valence electrons. The van der Waals surface area contributed by atoms with Gasteiger partial charge in [0.25, 0.3) is 5.91 Å². The van der Waals surface area contributed by atoms with Crippen molar-refractivity contribution in [1.29, 1.82) is 0 Å². The number of sulfone groups is 1. The average Bonchev–Trinajstić information content (AvgIpc) is 3.00. The van der Waals surface area contributed by atoms with Crippen LogP contribution in [0, 0.1) is 6.57 Å². The summed E-state index contributed by atoms with van der Waals surface area (Å²) in [7, 11) is -3.49. The molecule has 0 fully saturated rings. The normalized spacial score (nSPS) is 12.9. The Morgan fingerprint density at radius 2 is 2.12 bits per heavy atom. The highest BCUT2D eigenvalue weighted by molar-refractivity contribution is 7.90. The third-order valence-electron chi connectivity index (χ3n) is 4.05. The summed E-state index contributed by atoms with van der Waals surface area (Å²) in [6.07, 6.45) is 2.03. The fraction of sp³-hybridized carbons (Fsp3) is 0.167. The number of nitrogens with zero attached hydrogens (tertiary/aromatic N) is 2. The van der Waals surface area contributed by atoms with Crippen molar-refractivity contribution in [3.8, 4) is 0 Å². The molecule has 0 saturated carbocycles. The number of hydroxylamine groups is 1. The standard InChI is InChI=1S/C18H15N3O4S/c1-19-16-10-15-13(9-17(16)26(2,24)25)8-14(20-15)7-11-4-3-5-12(6-11)18(22)21-23/h3-6,9-10,23H,7-8H2,2H3,(H,21,22). The van der Waals surface area contributed by atoms with Gasteiger partial charge in [0.05, 0.1) is 17.2 Å². The number of hydrogen-bond donors (Lipinski definition) is 2. The van der Waals surface area contributed by atoms with Crippen LogP contribution < -0.4 is 5.48 Å². The molecular formula is C18H15N3O4S. The number of nitrogens with one attached hydrogen (secondary N) is 1. The van der Waals surface area contributed by atoms with E-state index in [0.717, 1.165) is 23.1 Å². The quantitative estimate of drug-likeness (QED) is 0.491. The number of carbonyl (C=O) groups is 1. The number of hydrogen-bond acceptors (Lipinski definition) is 5. The number of fused-ring (bicyclic) bond motifs is 1. The third-order valence-corrected chi connectivity index (χ3v) is 5.18. The highest BCUT2D eigenvalue weighted by Gasteiger charge is 2.22. The van der Waals surface area contributed by atoms with E-state index in [0.29, 0.717) is 24.1 Å². The molecule has 8 heteroatoms. The largest absolute Gasteiger partial charge is 0.288 e. The number of rotatable bonds is 4. The smallest absolute Gasteiger partial charge is 0.274 e. The minimum Gasteiger partial charge on any atom is -0.288 e. The van der Waals surface area contributed by atoms with Crippen LogP contribution in [0.25, 0.3) is 4.85 Å².